The number of nitrogens with one attached hydrogen (secondary N) is 1. The molecule has 2 rings (SSSR count). The van der Waals surface area contributed by atoms with Gasteiger partial charge < -0.3 is 10.1 Å². The molecule has 0 spiro atoms. The van der Waals surface area contributed by atoms with Crippen LogP contribution in [0.25, 0.3) is 0 Å². The highest BCUT2D eigenvalue weighted by Gasteiger charge is 2.34. The number of piperazine rings is 1. The summed E-state index contributed by atoms with van der Waals surface area (Å²) in [6.07, 6.45) is 0. The highest BCUT2D eigenvalue weighted by atomic mass is 32.2. The van der Waals surface area contributed by atoms with Crippen molar-refractivity contribution < 1.29 is 22.9 Å². The zero-order chi connectivity index (χ0) is 15.6. The molecule has 0 atom stereocenters. The van der Waals surface area contributed by atoms with E-state index < -0.39 is 31.4 Å². The highest BCUT2D eigenvalue weighted by molar-refractivity contribution is 7.89. The predicted molar refractivity (Wildman–Crippen MR) is 71.4 cm³/mol. The Morgan fingerprint density at radius 1 is 1.43 bits per heavy atom. The lowest BCUT2D eigenvalue weighted by Crippen LogP contribution is -2.49. The van der Waals surface area contributed by atoms with Gasteiger partial charge in [-0.2, -0.15) is 4.31 Å². The topological polar surface area (TPSA) is 119 Å². The van der Waals surface area contributed by atoms with Crippen molar-refractivity contribution in [3.63, 3.8) is 0 Å². The van der Waals surface area contributed by atoms with E-state index in [-0.39, 0.29) is 25.4 Å². The number of nitro benzene ring substituents is 1. The average molecular weight is 315 g/mol. The van der Waals surface area contributed by atoms with E-state index in [1.807, 2.05) is 0 Å². The first-order valence-electron chi connectivity index (χ1n) is 5.95. The van der Waals surface area contributed by atoms with Crippen molar-refractivity contribution >= 4 is 21.6 Å². The molecule has 1 N–H and O–H groups in total. The van der Waals surface area contributed by atoms with Gasteiger partial charge in [-0.25, -0.2) is 8.42 Å². The lowest BCUT2D eigenvalue weighted by molar-refractivity contribution is -0.387. The number of carbonyl (C=O) groups excluding carboxylic acids is 1. The molecule has 0 aliphatic carbocycles. The number of rotatable bonds is 4. The molecule has 0 unspecified atom stereocenters. The van der Waals surface area contributed by atoms with Crippen LogP contribution in [0.4, 0.5) is 5.69 Å². The van der Waals surface area contributed by atoms with Gasteiger partial charge in [0, 0.05) is 13.1 Å². The van der Waals surface area contributed by atoms with E-state index in [0.717, 1.165) is 16.4 Å². The van der Waals surface area contributed by atoms with Crippen LogP contribution in [0.15, 0.2) is 23.1 Å². The Bertz CT molecular complexity index is 687. The number of ether oxygens (including phenoxy) is 1. The molecular weight excluding hydrogens is 302 g/mol. The summed E-state index contributed by atoms with van der Waals surface area (Å²) in [5, 5.41) is 13.6. The van der Waals surface area contributed by atoms with Crippen LogP contribution in [0.2, 0.25) is 0 Å². The summed E-state index contributed by atoms with van der Waals surface area (Å²) in [7, 11) is -2.80. The molecule has 1 heterocycles. The Labute approximate surface area is 120 Å². The van der Waals surface area contributed by atoms with Gasteiger partial charge in [0.25, 0.3) is 5.69 Å². The largest absolute Gasteiger partial charge is 0.497 e. The molecule has 21 heavy (non-hydrogen) atoms. The molecule has 1 aromatic rings. The number of sulfonamides is 1. The molecule has 1 aromatic carbocycles. The third-order valence-electron chi connectivity index (χ3n) is 2.98. The molecule has 1 saturated heterocycles. The first-order valence-corrected chi connectivity index (χ1v) is 7.39. The molecule has 1 aliphatic rings. The van der Waals surface area contributed by atoms with Crippen LogP contribution in [0, 0.1) is 10.1 Å². The summed E-state index contributed by atoms with van der Waals surface area (Å²) in [5.74, 6) is -0.266. The first-order chi connectivity index (χ1) is 9.86. The van der Waals surface area contributed by atoms with Gasteiger partial charge in [0.1, 0.15) is 5.75 Å². The van der Waals surface area contributed by atoms with Gasteiger partial charge >= 0.3 is 0 Å². The Hall–Kier alpha value is -2.20. The predicted octanol–water partition coefficient (Wildman–Crippen LogP) is -0.276. The Morgan fingerprint density at radius 3 is 2.71 bits per heavy atom. The molecule has 0 saturated carbocycles. The summed E-state index contributed by atoms with van der Waals surface area (Å²) in [6, 6.07) is 3.47. The summed E-state index contributed by atoms with van der Waals surface area (Å²) in [6.45, 7) is -0.120. The van der Waals surface area contributed by atoms with E-state index in [1.54, 1.807) is 0 Å². The molecule has 0 bridgehead atoms. The first kappa shape index (κ1) is 15.2. The number of hydrogen-bond acceptors (Lipinski definition) is 6. The van der Waals surface area contributed by atoms with Crippen LogP contribution in [-0.4, -0.2) is 50.3 Å². The van der Waals surface area contributed by atoms with Crippen molar-refractivity contribution in [2.75, 3.05) is 26.7 Å². The van der Waals surface area contributed by atoms with Crippen molar-refractivity contribution in [3.05, 3.63) is 28.3 Å². The third-order valence-corrected chi connectivity index (χ3v) is 4.88. The van der Waals surface area contributed by atoms with Crippen LogP contribution in [0.1, 0.15) is 0 Å². The van der Waals surface area contributed by atoms with Crippen molar-refractivity contribution in [2.45, 2.75) is 4.90 Å². The summed E-state index contributed by atoms with van der Waals surface area (Å²) in [4.78, 5) is 21.1. The highest BCUT2D eigenvalue weighted by Crippen LogP contribution is 2.30. The van der Waals surface area contributed by atoms with Gasteiger partial charge in [0.2, 0.25) is 15.9 Å². The molecule has 10 heteroatoms. The number of nitrogens with zero attached hydrogens (tertiary/aromatic N) is 2. The van der Waals surface area contributed by atoms with Crippen molar-refractivity contribution in [3.8, 4) is 5.75 Å². The number of benzene rings is 1. The molecular formula is C11H13N3O6S. The van der Waals surface area contributed by atoms with E-state index in [9.17, 15) is 23.3 Å². The monoisotopic (exact) mass is 315 g/mol. The molecule has 9 nitrogen and oxygen atoms in total. The van der Waals surface area contributed by atoms with Gasteiger partial charge in [0.15, 0.2) is 4.90 Å². The maximum absolute atomic E-state index is 12.5. The fraction of sp³-hybridized carbons (Fsp3) is 0.364. The number of methoxy groups -OCH3 is 1. The van der Waals surface area contributed by atoms with E-state index >= 15 is 0 Å². The lowest BCUT2D eigenvalue weighted by Gasteiger charge is -2.25. The third kappa shape index (κ3) is 2.95. The quantitative estimate of drug-likeness (QED) is 0.603. The van der Waals surface area contributed by atoms with Crippen LogP contribution in [-0.2, 0) is 14.8 Å². The number of hydrogen-bond donors (Lipinski definition) is 1. The zero-order valence-corrected chi connectivity index (χ0v) is 11.9. The molecule has 0 radical (unpaired) electrons. The molecule has 0 aromatic heterocycles. The zero-order valence-electron chi connectivity index (χ0n) is 11.1. The van der Waals surface area contributed by atoms with Crippen molar-refractivity contribution in [1.82, 2.24) is 9.62 Å². The number of amides is 1. The van der Waals surface area contributed by atoms with Crippen LogP contribution in [0.5, 0.6) is 5.75 Å². The fourth-order valence-electron chi connectivity index (χ4n) is 1.94. The van der Waals surface area contributed by atoms with Crippen molar-refractivity contribution in [2.24, 2.45) is 0 Å². The second-order valence-corrected chi connectivity index (χ2v) is 6.19. The normalized spacial score (nSPS) is 16.3. The van der Waals surface area contributed by atoms with E-state index in [4.69, 9.17) is 4.74 Å². The number of carbonyl (C=O) groups is 1. The van der Waals surface area contributed by atoms with Gasteiger partial charge in [-0.15, -0.1) is 0 Å². The standard InChI is InChI=1S/C11H13N3O6S/c1-20-8-2-3-10(9(6-8)14(16)17)21(18,19)13-5-4-12-11(15)7-13/h2-3,6H,4-5,7H2,1H3,(H,12,15). The average Bonchev–Trinajstić information content (AvgIpc) is 2.46. The van der Waals surface area contributed by atoms with E-state index in [2.05, 4.69) is 5.32 Å². The second kappa shape index (κ2) is 5.66. The molecule has 1 aliphatic heterocycles. The van der Waals surface area contributed by atoms with Gasteiger partial charge in [-0.05, 0) is 12.1 Å². The Balaban J connectivity index is 2.48. The maximum atomic E-state index is 12.5. The van der Waals surface area contributed by atoms with Crippen LogP contribution in [0.3, 0.4) is 0 Å². The second-order valence-electron chi connectivity index (χ2n) is 4.28. The fourth-order valence-corrected chi connectivity index (χ4v) is 3.48. The molecule has 1 fully saturated rings. The minimum Gasteiger partial charge on any atom is -0.497 e. The Morgan fingerprint density at radius 2 is 2.14 bits per heavy atom. The smallest absolute Gasteiger partial charge is 0.293 e. The van der Waals surface area contributed by atoms with Gasteiger partial charge in [-0.3, -0.25) is 14.9 Å². The molecule has 1 amide bonds. The SMILES string of the molecule is COc1ccc(S(=O)(=O)N2CCNC(=O)C2)c([N+](=O)[O-])c1. The van der Waals surface area contributed by atoms with Crippen LogP contribution >= 0.6 is 0 Å². The van der Waals surface area contributed by atoms with Crippen LogP contribution < -0.4 is 10.1 Å². The summed E-state index contributed by atoms with van der Waals surface area (Å²) >= 11 is 0. The lowest BCUT2D eigenvalue weighted by atomic mass is 10.3. The van der Waals surface area contributed by atoms with Gasteiger partial charge in [-0.1, -0.05) is 0 Å². The van der Waals surface area contributed by atoms with Crippen molar-refractivity contribution in [1.29, 1.82) is 0 Å². The maximum Gasteiger partial charge on any atom is 0.293 e. The minimum atomic E-state index is -4.12. The van der Waals surface area contributed by atoms with E-state index in [1.165, 1.54) is 13.2 Å². The van der Waals surface area contributed by atoms with Gasteiger partial charge in [0.05, 0.1) is 24.6 Å². The van der Waals surface area contributed by atoms with E-state index in [0.29, 0.717) is 0 Å². The minimum absolute atomic E-state index is 0.0667. The summed E-state index contributed by atoms with van der Waals surface area (Å²) in [5.41, 5.74) is -0.583. The summed E-state index contributed by atoms with van der Waals surface area (Å²) < 4.78 is 30.7. The molecule has 114 valence electrons. The Kier molecular flexibility index (Phi) is 4.09. The number of nitro groups is 1.